The topological polar surface area (TPSA) is 97.1 Å². The number of aromatic nitrogens is 1. The molecule has 0 saturated heterocycles. The Balaban J connectivity index is 2.29. The van der Waals surface area contributed by atoms with Crippen LogP contribution >= 0.6 is 11.3 Å². The van der Waals surface area contributed by atoms with Gasteiger partial charge in [-0.2, -0.15) is 0 Å². The van der Waals surface area contributed by atoms with Gasteiger partial charge in [-0.25, -0.2) is 4.98 Å². The van der Waals surface area contributed by atoms with Gasteiger partial charge in [0.1, 0.15) is 10.7 Å². The lowest BCUT2D eigenvalue weighted by molar-refractivity contribution is -0.121. The lowest BCUT2D eigenvalue weighted by Gasteiger charge is -2.11. The summed E-state index contributed by atoms with van der Waals surface area (Å²) in [6, 6.07) is 0.161. The second kappa shape index (κ2) is 7.85. The number of nitrogens with one attached hydrogen (secondary N) is 2. The molecule has 0 saturated carbocycles. The fourth-order valence-corrected chi connectivity index (χ4v) is 1.99. The summed E-state index contributed by atoms with van der Waals surface area (Å²) in [5.41, 5.74) is 5.78. The zero-order chi connectivity index (χ0) is 14.3. The number of rotatable bonds is 7. The lowest BCUT2D eigenvalue weighted by atomic mass is 10.2. The van der Waals surface area contributed by atoms with Crippen molar-refractivity contribution in [2.45, 2.75) is 39.3 Å². The van der Waals surface area contributed by atoms with Crippen LogP contribution in [0.5, 0.6) is 0 Å². The zero-order valence-corrected chi connectivity index (χ0v) is 12.0. The molecule has 0 radical (unpaired) electrons. The summed E-state index contributed by atoms with van der Waals surface area (Å²) in [6.07, 6.45) is 1.16. The molecule has 0 aromatic carbocycles. The van der Waals surface area contributed by atoms with Crippen molar-refractivity contribution in [2.24, 2.45) is 5.73 Å². The Hall–Kier alpha value is -1.47. The molecule has 1 heterocycles. The van der Waals surface area contributed by atoms with Gasteiger partial charge in [-0.1, -0.05) is 6.92 Å². The average Bonchev–Trinajstić information content (AvgIpc) is 2.87. The molecule has 1 rings (SSSR count). The summed E-state index contributed by atoms with van der Waals surface area (Å²) in [6.45, 7) is 4.58. The fraction of sp³-hybridized carbons (Fsp3) is 0.583. The largest absolute Gasteiger partial charge is 0.354 e. The summed E-state index contributed by atoms with van der Waals surface area (Å²) < 4.78 is 0. The number of nitrogens with two attached hydrogens (primary N) is 1. The van der Waals surface area contributed by atoms with E-state index in [9.17, 15) is 9.59 Å². The Morgan fingerprint density at radius 2 is 2.26 bits per heavy atom. The highest BCUT2D eigenvalue weighted by Gasteiger charge is 2.11. The maximum Gasteiger partial charge on any atom is 0.270 e. The van der Waals surface area contributed by atoms with Crippen molar-refractivity contribution in [1.82, 2.24) is 15.6 Å². The minimum absolute atomic E-state index is 0.0597. The van der Waals surface area contributed by atoms with Gasteiger partial charge in [0.2, 0.25) is 5.91 Å². The molecule has 1 unspecified atom stereocenters. The van der Waals surface area contributed by atoms with Gasteiger partial charge < -0.3 is 16.4 Å². The van der Waals surface area contributed by atoms with E-state index in [1.54, 1.807) is 5.38 Å². The van der Waals surface area contributed by atoms with Crippen LogP contribution in [0.15, 0.2) is 5.38 Å². The van der Waals surface area contributed by atoms with Crippen LogP contribution in [-0.2, 0) is 11.3 Å². The van der Waals surface area contributed by atoms with E-state index in [1.165, 1.54) is 11.3 Å². The summed E-state index contributed by atoms with van der Waals surface area (Å²) in [5.74, 6) is -0.331. The molecular formula is C12H20N4O2S. The first-order valence-electron chi connectivity index (χ1n) is 6.28. The zero-order valence-electron chi connectivity index (χ0n) is 11.2. The van der Waals surface area contributed by atoms with E-state index in [0.717, 1.165) is 11.4 Å². The molecule has 106 valence electrons. The number of thiazole rings is 1. The van der Waals surface area contributed by atoms with Gasteiger partial charge in [-0.05, 0) is 13.3 Å². The molecular weight excluding hydrogens is 264 g/mol. The highest BCUT2D eigenvalue weighted by molar-refractivity contribution is 7.09. The summed E-state index contributed by atoms with van der Waals surface area (Å²) >= 11 is 1.35. The van der Waals surface area contributed by atoms with Gasteiger partial charge in [-0.3, -0.25) is 9.59 Å². The predicted molar refractivity (Wildman–Crippen MR) is 74.9 cm³/mol. The molecule has 6 nitrogen and oxygen atoms in total. The van der Waals surface area contributed by atoms with Crippen LogP contribution < -0.4 is 16.4 Å². The molecule has 4 N–H and O–H groups in total. The average molecular weight is 284 g/mol. The highest BCUT2D eigenvalue weighted by Crippen LogP contribution is 2.08. The second-order valence-electron chi connectivity index (χ2n) is 4.21. The van der Waals surface area contributed by atoms with Crippen LogP contribution in [0, 0.1) is 0 Å². The van der Waals surface area contributed by atoms with Crippen molar-refractivity contribution in [3.63, 3.8) is 0 Å². The minimum Gasteiger partial charge on any atom is -0.354 e. The van der Waals surface area contributed by atoms with E-state index < -0.39 is 0 Å². The molecule has 19 heavy (non-hydrogen) atoms. The molecule has 2 amide bonds. The Kier molecular flexibility index (Phi) is 6.44. The lowest BCUT2D eigenvalue weighted by Crippen LogP contribution is -2.35. The molecule has 1 aromatic rings. The Morgan fingerprint density at radius 3 is 2.84 bits per heavy atom. The van der Waals surface area contributed by atoms with Crippen LogP contribution in [0.2, 0.25) is 0 Å². The van der Waals surface area contributed by atoms with E-state index in [1.807, 2.05) is 13.8 Å². The molecule has 0 spiro atoms. The molecule has 0 aliphatic rings. The van der Waals surface area contributed by atoms with Crippen molar-refractivity contribution in [1.29, 1.82) is 0 Å². The first kappa shape index (κ1) is 15.6. The van der Waals surface area contributed by atoms with E-state index in [4.69, 9.17) is 5.73 Å². The van der Waals surface area contributed by atoms with E-state index in [-0.39, 0.29) is 24.3 Å². The van der Waals surface area contributed by atoms with E-state index in [2.05, 4.69) is 15.6 Å². The third-order valence-corrected chi connectivity index (χ3v) is 3.49. The SMILES string of the molecule is CCC(C)NC(=O)CCNC(=O)c1csc(CN)n1. The van der Waals surface area contributed by atoms with Gasteiger partial charge in [0.25, 0.3) is 5.91 Å². The first-order chi connectivity index (χ1) is 9.06. The number of carbonyl (C=O) groups excluding carboxylic acids is 2. The molecule has 0 aliphatic carbocycles. The number of carbonyl (C=O) groups is 2. The van der Waals surface area contributed by atoms with Crippen molar-refractivity contribution in [3.05, 3.63) is 16.1 Å². The van der Waals surface area contributed by atoms with Crippen LogP contribution in [0.4, 0.5) is 0 Å². The van der Waals surface area contributed by atoms with Crippen molar-refractivity contribution >= 4 is 23.2 Å². The molecule has 7 heteroatoms. The van der Waals surface area contributed by atoms with Gasteiger partial charge in [0.15, 0.2) is 0 Å². The predicted octanol–water partition coefficient (Wildman–Crippen LogP) is 0.636. The Labute approximate surface area is 116 Å². The summed E-state index contributed by atoms with van der Waals surface area (Å²) in [4.78, 5) is 27.3. The van der Waals surface area contributed by atoms with Crippen molar-refractivity contribution in [2.75, 3.05) is 6.54 Å². The van der Waals surface area contributed by atoms with Gasteiger partial charge in [-0.15, -0.1) is 11.3 Å². The maximum absolute atomic E-state index is 11.7. The fourth-order valence-electron chi connectivity index (χ4n) is 1.34. The number of hydrogen-bond acceptors (Lipinski definition) is 5. The van der Waals surface area contributed by atoms with Crippen molar-refractivity contribution < 1.29 is 9.59 Å². The van der Waals surface area contributed by atoms with Gasteiger partial charge in [0.05, 0.1) is 0 Å². The molecule has 1 aromatic heterocycles. The number of hydrogen-bond donors (Lipinski definition) is 3. The first-order valence-corrected chi connectivity index (χ1v) is 7.16. The Morgan fingerprint density at radius 1 is 1.53 bits per heavy atom. The van der Waals surface area contributed by atoms with Gasteiger partial charge >= 0.3 is 0 Å². The van der Waals surface area contributed by atoms with Crippen LogP contribution in [0.25, 0.3) is 0 Å². The Bertz CT molecular complexity index is 433. The number of nitrogens with zero attached hydrogens (tertiary/aromatic N) is 1. The molecule has 1 atom stereocenters. The van der Waals surface area contributed by atoms with E-state index >= 15 is 0 Å². The summed E-state index contributed by atoms with van der Waals surface area (Å²) in [5, 5.41) is 7.88. The van der Waals surface area contributed by atoms with Crippen LogP contribution in [0.3, 0.4) is 0 Å². The third kappa shape index (κ3) is 5.35. The second-order valence-corrected chi connectivity index (χ2v) is 5.16. The standard InChI is InChI=1S/C12H20N4O2S/c1-3-8(2)15-10(17)4-5-14-12(18)9-7-19-11(6-13)16-9/h7-8H,3-6,13H2,1-2H3,(H,14,18)(H,15,17). The maximum atomic E-state index is 11.7. The monoisotopic (exact) mass is 284 g/mol. The highest BCUT2D eigenvalue weighted by atomic mass is 32.1. The van der Waals surface area contributed by atoms with E-state index in [0.29, 0.717) is 18.8 Å². The molecule has 0 aliphatic heterocycles. The molecule has 0 fully saturated rings. The smallest absolute Gasteiger partial charge is 0.270 e. The number of amides is 2. The third-order valence-electron chi connectivity index (χ3n) is 2.62. The van der Waals surface area contributed by atoms with Gasteiger partial charge in [0, 0.05) is 30.9 Å². The normalized spacial score (nSPS) is 11.9. The minimum atomic E-state index is -0.271. The van der Waals surface area contributed by atoms with Crippen molar-refractivity contribution in [3.8, 4) is 0 Å². The van der Waals surface area contributed by atoms with Crippen LogP contribution in [0.1, 0.15) is 42.2 Å². The van der Waals surface area contributed by atoms with Crippen LogP contribution in [-0.4, -0.2) is 29.4 Å². The summed E-state index contributed by atoms with van der Waals surface area (Å²) in [7, 11) is 0. The quantitative estimate of drug-likeness (QED) is 0.684. The molecule has 0 bridgehead atoms.